The summed E-state index contributed by atoms with van der Waals surface area (Å²) in [7, 11) is 0. The van der Waals surface area contributed by atoms with E-state index in [4.69, 9.17) is 11.6 Å². The molecule has 0 aliphatic rings. The maximum Gasteiger partial charge on any atom is 0.248 e. The number of benzene rings is 2. The van der Waals surface area contributed by atoms with Crippen molar-refractivity contribution in [1.82, 2.24) is 10.3 Å². The van der Waals surface area contributed by atoms with Crippen molar-refractivity contribution in [2.75, 3.05) is 0 Å². The number of halogens is 4. The number of rotatable bonds is 4. The first-order valence-corrected chi connectivity index (χ1v) is 7.93. The lowest BCUT2D eigenvalue weighted by Crippen LogP contribution is -2.26. The van der Waals surface area contributed by atoms with Gasteiger partial charge in [-0.05, 0) is 23.8 Å². The number of carbonyl (C=O) groups is 1. The number of amides is 1. The van der Waals surface area contributed by atoms with Gasteiger partial charge >= 0.3 is 0 Å². The van der Waals surface area contributed by atoms with Gasteiger partial charge in [-0.1, -0.05) is 11.6 Å². The standard InChI is InChI=1S/C18H12ClF3N2O2/c19-11-3-9-1-2-16(25)24-18(9)10(4-11)8-23-17(26)7-13-14(21)5-12(20)6-15(13)22/h1-6H,7-8H2,(H,23,26)(H,24,25). The smallest absolute Gasteiger partial charge is 0.248 e. The third-order valence-electron chi connectivity index (χ3n) is 3.80. The van der Waals surface area contributed by atoms with E-state index in [0.717, 1.165) is 0 Å². The first-order valence-electron chi connectivity index (χ1n) is 7.55. The van der Waals surface area contributed by atoms with Crippen molar-refractivity contribution in [3.63, 3.8) is 0 Å². The van der Waals surface area contributed by atoms with Crippen molar-refractivity contribution in [2.24, 2.45) is 0 Å². The summed E-state index contributed by atoms with van der Waals surface area (Å²) in [6.07, 6.45) is -0.590. The largest absolute Gasteiger partial charge is 0.352 e. The first kappa shape index (κ1) is 18.0. The summed E-state index contributed by atoms with van der Waals surface area (Å²) in [5.74, 6) is -3.98. The van der Waals surface area contributed by atoms with Crippen LogP contribution >= 0.6 is 11.6 Å². The van der Waals surface area contributed by atoms with E-state index in [0.29, 0.717) is 33.6 Å². The van der Waals surface area contributed by atoms with Gasteiger partial charge in [0.1, 0.15) is 17.5 Å². The van der Waals surface area contributed by atoms with Gasteiger partial charge in [-0.15, -0.1) is 0 Å². The number of pyridine rings is 1. The van der Waals surface area contributed by atoms with Gasteiger partial charge in [-0.25, -0.2) is 13.2 Å². The molecule has 0 fully saturated rings. The second-order valence-corrected chi connectivity index (χ2v) is 6.09. The number of hydrogen-bond donors (Lipinski definition) is 2. The molecule has 26 heavy (non-hydrogen) atoms. The number of H-pyrrole nitrogens is 1. The molecule has 3 aromatic rings. The molecule has 2 N–H and O–H groups in total. The average Bonchev–Trinajstić information content (AvgIpc) is 2.56. The Bertz CT molecular complexity index is 1040. The van der Waals surface area contributed by atoms with Crippen molar-refractivity contribution in [2.45, 2.75) is 13.0 Å². The number of aromatic amines is 1. The van der Waals surface area contributed by atoms with Crippen LogP contribution in [0.15, 0.2) is 41.2 Å². The summed E-state index contributed by atoms with van der Waals surface area (Å²) >= 11 is 6.03. The highest BCUT2D eigenvalue weighted by Crippen LogP contribution is 2.21. The number of aromatic nitrogens is 1. The van der Waals surface area contributed by atoms with Crippen molar-refractivity contribution in [3.8, 4) is 0 Å². The second-order valence-electron chi connectivity index (χ2n) is 5.65. The van der Waals surface area contributed by atoms with Gasteiger partial charge in [-0.2, -0.15) is 0 Å². The van der Waals surface area contributed by atoms with E-state index in [1.807, 2.05) is 0 Å². The highest BCUT2D eigenvalue weighted by Gasteiger charge is 2.15. The highest BCUT2D eigenvalue weighted by atomic mass is 35.5. The Hall–Kier alpha value is -2.80. The van der Waals surface area contributed by atoms with Crippen LogP contribution in [0.2, 0.25) is 5.02 Å². The first-order chi connectivity index (χ1) is 12.3. The summed E-state index contributed by atoms with van der Waals surface area (Å²) in [5, 5.41) is 3.59. The minimum atomic E-state index is -1.13. The molecule has 4 nitrogen and oxygen atoms in total. The molecular formula is C18H12ClF3N2O2. The summed E-state index contributed by atoms with van der Waals surface area (Å²) < 4.78 is 40.2. The fourth-order valence-corrected chi connectivity index (χ4v) is 2.85. The third kappa shape index (κ3) is 3.88. The van der Waals surface area contributed by atoms with E-state index in [1.165, 1.54) is 6.07 Å². The van der Waals surface area contributed by atoms with E-state index in [2.05, 4.69) is 10.3 Å². The lowest BCUT2D eigenvalue weighted by atomic mass is 10.1. The number of nitrogens with one attached hydrogen (secondary N) is 2. The van der Waals surface area contributed by atoms with Crippen LogP contribution in [0.5, 0.6) is 0 Å². The predicted molar refractivity (Wildman–Crippen MR) is 91.4 cm³/mol. The van der Waals surface area contributed by atoms with Crippen LogP contribution in [0, 0.1) is 17.5 Å². The molecule has 1 amide bonds. The molecule has 0 atom stereocenters. The Balaban J connectivity index is 1.79. The SMILES string of the molecule is O=C(Cc1c(F)cc(F)cc1F)NCc1cc(Cl)cc2ccc(=O)[nH]c12. The monoisotopic (exact) mass is 380 g/mol. The summed E-state index contributed by atoms with van der Waals surface area (Å²) in [4.78, 5) is 26.2. The summed E-state index contributed by atoms with van der Waals surface area (Å²) in [6.45, 7) is -0.0136. The van der Waals surface area contributed by atoms with Crippen LogP contribution in [-0.4, -0.2) is 10.9 Å². The fraction of sp³-hybridized carbons (Fsp3) is 0.111. The van der Waals surface area contributed by atoms with E-state index in [1.54, 1.807) is 18.2 Å². The molecule has 0 saturated heterocycles. The third-order valence-corrected chi connectivity index (χ3v) is 4.02. The zero-order valence-electron chi connectivity index (χ0n) is 13.2. The Kier molecular flexibility index (Phi) is 4.99. The molecule has 8 heteroatoms. The molecule has 0 spiro atoms. The van der Waals surface area contributed by atoms with Gasteiger partial charge in [0, 0.05) is 40.7 Å². The van der Waals surface area contributed by atoms with E-state index >= 15 is 0 Å². The molecule has 0 unspecified atom stereocenters. The van der Waals surface area contributed by atoms with Gasteiger partial charge in [0.25, 0.3) is 0 Å². The normalized spacial score (nSPS) is 10.9. The zero-order chi connectivity index (χ0) is 18.8. The Labute approximate surface area is 150 Å². The minimum Gasteiger partial charge on any atom is -0.352 e. The van der Waals surface area contributed by atoms with Gasteiger partial charge < -0.3 is 10.3 Å². The van der Waals surface area contributed by atoms with E-state index < -0.39 is 35.3 Å². The zero-order valence-corrected chi connectivity index (χ0v) is 14.0. The Morgan fingerprint density at radius 2 is 1.77 bits per heavy atom. The maximum atomic E-state index is 13.6. The molecule has 0 saturated carbocycles. The average molecular weight is 381 g/mol. The fourth-order valence-electron chi connectivity index (χ4n) is 2.60. The summed E-state index contributed by atoms with van der Waals surface area (Å²) in [6, 6.07) is 7.19. The molecule has 1 heterocycles. The van der Waals surface area contributed by atoms with Gasteiger partial charge in [0.2, 0.25) is 11.5 Å². The molecule has 0 aliphatic heterocycles. The Morgan fingerprint density at radius 1 is 1.08 bits per heavy atom. The van der Waals surface area contributed by atoms with Crippen LogP contribution in [0.4, 0.5) is 13.2 Å². The molecule has 2 aromatic carbocycles. The molecular weight excluding hydrogens is 369 g/mol. The second kappa shape index (κ2) is 7.21. The van der Waals surface area contributed by atoms with Crippen LogP contribution in [0.1, 0.15) is 11.1 Å². The van der Waals surface area contributed by atoms with E-state index in [-0.39, 0.29) is 12.1 Å². The molecule has 0 bridgehead atoms. The van der Waals surface area contributed by atoms with Gasteiger partial charge in [0.15, 0.2) is 0 Å². The highest BCUT2D eigenvalue weighted by molar-refractivity contribution is 6.31. The van der Waals surface area contributed by atoms with Crippen LogP contribution in [0.3, 0.4) is 0 Å². The van der Waals surface area contributed by atoms with Gasteiger partial charge in [0.05, 0.1) is 11.9 Å². The summed E-state index contributed by atoms with van der Waals surface area (Å²) in [5.41, 5.74) is 0.205. The van der Waals surface area contributed by atoms with Crippen molar-refractivity contribution in [1.29, 1.82) is 0 Å². The Morgan fingerprint density at radius 3 is 2.46 bits per heavy atom. The predicted octanol–water partition coefficient (Wildman–Crippen LogP) is 3.46. The van der Waals surface area contributed by atoms with Gasteiger partial charge in [-0.3, -0.25) is 9.59 Å². The van der Waals surface area contributed by atoms with Crippen molar-refractivity contribution in [3.05, 3.63) is 80.4 Å². The van der Waals surface area contributed by atoms with Crippen LogP contribution in [0.25, 0.3) is 10.9 Å². The van der Waals surface area contributed by atoms with E-state index in [9.17, 15) is 22.8 Å². The molecule has 0 radical (unpaired) electrons. The number of carbonyl (C=O) groups excluding carboxylic acids is 1. The molecule has 3 rings (SSSR count). The quantitative estimate of drug-likeness (QED) is 0.728. The molecule has 1 aromatic heterocycles. The number of fused-ring (bicyclic) bond motifs is 1. The van der Waals surface area contributed by atoms with Crippen LogP contribution in [-0.2, 0) is 17.8 Å². The van der Waals surface area contributed by atoms with Crippen molar-refractivity contribution < 1.29 is 18.0 Å². The van der Waals surface area contributed by atoms with Crippen molar-refractivity contribution >= 4 is 28.4 Å². The molecule has 134 valence electrons. The van der Waals surface area contributed by atoms with Crippen LogP contribution < -0.4 is 10.9 Å². The maximum absolute atomic E-state index is 13.6. The number of hydrogen-bond acceptors (Lipinski definition) is 2. The topological polar surface area (TPSA) is 62.0 Å². The lowest BCUT2D eigenvalue weighted by molar-refractivity contribution is -0.120. The lowest BCUT2D eigenvalue weighted by Gasteiger charge is -2.10. The molecule has 0 aliphatic carbocycles. The minimum absolute atomic E-state index is 0.0136.